The van der Waals surface area contributed by atoms with Gasteiger partial charge in [0, 0.05) is 43.2 Å². The highest BCUT2D eigenvalue weighted by molar-refractivity contribution is 6.02. The molecule has 2 aromatic rings. The van der Waals surface area contributed by atoms with Gasteiger partial charge in [0.1, 0.15) is 11.6 Å². The van der Waals surface area contributed by atoms with Crippen LogP contribution in [0.4, 0.5) is 0 Å². The number of amides is 2. The van der Waals surface area contributed by atoms with Crippen molar-refractivity contribution in [2.75, 3.05) is 26.8 Å². The molecule has 1 fully saturated rings. The summed E-state index contributed by atoms with van der Waals surface area (Å²) in [5.74, 6) is -0.365. The Balaban J connectivity index is 1.65. The summed E-state index contributed by atoms with van der Waals surface area (Å²) in [5.41, 5.74) is 3.68. The van der Waals surface area contributed by atoms with Gasteiger partial charge in [-0.25, -0.2) is 0 Å². The number of carbonyl (C=O) groups is 2. The van der Waals surface area contributed by atoms with E-state index in [1.807, 2.05) is 38.1 Å². The zero-order valence-electron chi connectivity index (χ0n) is 19.8. The first kappa shape index (κ1) is 24.3. The van der Waals surface area contributed by atoms with Crippen LogP contribution < -0.4 is 5.32 Å². The lowest BCUT2D eigenvalue weighted by Gasteiger charge is -2.32. The van der Waals surface area contributed by atoms with E-state index >= 15 is 0 Å². The molecule has 33 heavy (non-hydrogen) atoms. The highest BCUT2D eigenvalue weighted by atomic mass is 16.5. The molecule has 1 aromatic heterocycles. The highest BCUT2D eigenvalue weighted by Crippen LogP contribution is 2.24. The van der Waals surface area contributed by atoms with E-state index in [2.05, 4.69) is 22.9 Å². The largest absolute Gasteiger partial charge is 0.383 e. The van der Waals surface area contributed by atoms with Crippen molar-refractivity contribution in [2.24, 2.45) is 0 Å². The second kappa shape index (κ2) is 11.0. The Morgan fingerprint density at radius 2 is 1.91 bits per heavy atom. The SMILES string of the molecule is COCC(C)n1c(C)cc(/C=C(\C#N)C(=O)N2CCC(NC(=O)c3ccccc3)CC2)c1C. The Hall–Kier alpha value is -3.37. The van der Waals surface area contributed by atoms with Crippen molar-refractivity contribution in [3.63, 3.8) is 0 Å². The fraction of sp³-hybridized carbons (Fsp3) is 0.423. The minimum absolute atomic E-state index is 0.0115. The molecule has 0 bridgehead atoms. The molecule has 0 spiro atoms. The summed E-state index contributed by atoms with van der Waals surface area (Å²) in [6.45, 7) is 7.67. The van der Waals surface area contributed by atoms with E-state index in [4.69, 9.17) is 4.74 Å². The summed E-state index contributed by atoms with van der Waals surface area (Å²) in [4.78, 5) is 27.1. The molecule has 1 saturated heterocycles. The van der Waals surface area contributed by atoms with Crippen LogP contribution in [0.5, 0.6) is 0 Å². The maximum atomic E-state index is 13.0. The lowest BCUT2D eigenvalue weighted by Crippen LogP contribution is -2.46. The van der Waals surface area contributed by atoms with Crippen LogP contribution in [0, 0.1) is 25.2 Å². The predicted molar refractivity (Wildman–Crippen MR) is 128 cm³/mol. The monoisotopic (exact) mass is 448 g/mol. The summed E-state index contributed by atoms with van der Waals surface area (Å²) in [5, 5.41) is 12.7. The fourth-order valence-electron chi connectivity index (χ4n) is 4.50. The Kier molecular flexibility index (Phi) is 8.07. The third-order valence-corrected chi connectivity index (χ3v) is 6.18. The second-order valence-electron chi connectivity index (χ2n) is 8.58. The van der Waals surface area contributed by atoms with E-state index in [0.717, 1.165) is 17.0 Å². The molecule has 1 unspecified atom stereocenters. The maximum absolute atomic E-state index is 13.0. The van der Waals surface area contributed by atoms with E-state index in [1.165, 1.54) is 0 Å². The fourth-order valence-corrected chi connectivity index (χ4v) is 4.50. The van der Waals surface area contributed by atoms with Gasteiger partial charge >= 0.3 is 0 Å². The van der Waals surface area contributed by atoms with Crippen LogP contribution in [0.15, 0.2) is 42.0 Å². The summed E-state index contributed by atoms with van der Waals surface area (Å²) in [6, 6.07) is 13.4. The van der Waals surface area contributed by atoms with E-state index in [9.17, 15) is 14.9 Å². The number of hydrogen-bond donors (Lipinski definition) is 1. The molecule has 2 amide bonds. The van der Waals surface area contributed by atoms with Crippen LogP contribution in [0.3, 0.4) is 0 Å². The van der Waals surface area contributed by atoms with Crippen LogP contribution in [0.1, 0.15) is 53.1 Å². The number of methoxy groups -OCH3 is 1. The quantitative estimate of drug-likeness (QED) is 0.517. The van der Waals surface area contributed by atoms with Gasteiger partial charge in [-0.15, -0.1) is 0 Å². The lowest BCUT2D eigenvalue weighted by molar-refractivity contribution is -0.127. The van der Waals surface area contributed by atoms with Gasteiger partial charge < -0.3 is 19.5 Å². The first-order valence-corrected chi connectivity index (χ1v) is 11.3. The Morgan fingerprint density at radius 1 is 1.24 bits per heavy atom. The smallest absolute Gasteiger partial charge is 0.264 e. The van der Waals surface area contributed by atoms with Gasteiger partial charge in [-0.05, 0) is 63.5 Å². The molecule has 7 heteroatoms. The first-order chi connectivity index (χ1) is 15.8. The Bertz CT molecular complexity index is 1060. The van der Waals surface area contributed by atoms with Crippen LogP contribution in [-0.4, -0.2) is 54.1 Å². The minimum atomic E-state index is -0.264. The van der Waals surface area contributed by atoms with Gasteiger partial charge in [0.15, 0.2) is 0 Å². The molecule has 7 nitrogen and oxygen atoms in total. The van der Waals surface area contributed by atoms with Crippen molar-refractivity contribution in [1.82, 2.24) is 14.8 Å². The van der Waals surface area contributed by atoms with E-state index in [0.29, 0.717) is 38.1 Å². The van der Waals surface area contributed by atoms with Crippen molar-refractivity contribution in [2.45, 2.75) is 45.7 Å². The van der Waals surface area contributed by atoms with Gasteiger partial charge in [-0.3, -0.25) is 9.59 Å². The van der Waals surface area contributed by atoms with Crippen LogP contribution in [-0.2, 0) is 9.53 Å². The Morgan fingerprint density at radius 3 is 2.52 bits per heavy atom. The van der Waals surface area contributed by atoms with Crippen LogP contribution in [0.25, 0.3) is 6.08 Å². The van der Waals surface area contributed by atoms with Crippen molar-refractivity contribution in [1.29, 1.82) is 5.26 Å². The number of aromatic nitrogens is 1. The predicted octanol–water partition coefficient (Wildman–Crippen LogP) is 3.64. The molecule has 1 aliphatic heterocycles. The molecule has 3 rings (SSSR count). The van der Waals surface area contributed by atoms with Crippen LogP contribution in [0.2, 0.25) is 0 Å². The zero-order valence-corrected chi connectivity index (χ0v) is 19.8. The number of rotatable bonds is 7. The molecule has 1 atom stereocenters. The molecular formula is C26H32N4O3. The number of nitrogens with zero attached hydrogens (tertiary/aromatic N) is 3. The van der Waals surface area contributed by atoms with Crippen molar-refractivity contribution < 1.29 is 14.3 Å². The number of nitrogens with one attached hydrogen (secondary N) is 1. The molecule has 1 aromatic carbocycles. The zero-order chi connectivity index (χ0) is 24.0. The third-order valence-electron chi connectivity index (χ3n) is 6.18. The number of nitriles is 1. The average molecular weight is 449 g/mol. The third kappa shape index (κ3) is 5.71. The summed E-state index contributed by atoms with van der Waals surface area (Å²) in [6.07, 6.45) is 3.00. The second-order valence-corrected chi connectivity index (χ2v) is 8.58. The standard InChI is InChI=1S/C26H32N4O3/c1-18-14-22(20(3)30(18)19(2)17-33-4)15-23(16-27)26(32)29-12-10-24(11-13-29)28-25(31)21-8-6-5-7-9-21/h5-9,14-15,19,24H,10-13,17H2,1-4H3,(H,28,31)/b23-15+. The topological polar surface area (TPSA) is 87.4 Å². The number of aryl methyl sites for hydroxylation is 1. The maximum Gasteiger partial charge on any atom is 0.264 e. The number of hydrogen-bond acceptors (Lipinski definition) is 4. The number of piperidine rings is 1. The molecule has 2 heterocycles. The van der Waals surface area contributed by atoms with E-state index in [-0.39, 0.29) is 29.5 Å². The number of carbonyl (C=O) groups excluding carboxylic acids is 2. The summed E-state index contributed by atoms with van der Waals surface area (Å²) in [7, 11) is 1.67. The molecule has 174 valence electrons. The van der Waals surface area contributed by atoms with Gasteiger partial charge in [-0.1, -0.05) is 18.2 Å². The van der Waals surface area contributed by atoms with Gasteiger partial charge in [0.25, 0.3) is 11.8 Å². The van der Waals surface area contributed by atoms with Crippen molar-refractivity contribution in [3.05, 3.63) is 64.5 Å². The highest BCUT2D eigenvalue weighted by Gasteiger charge is 2.26. The van der Waals surface area contributed by atoms with Crippen molar-refractivity contribution >= 4 is 17.9 Å². The number of ether oxygens (including phenoxy) is 1. The van der Waals surface area contributed by atoms with Gasteiger partial charge in [0.05, 0.1) is 12.6 Å². The number of likely N-dealkylation sites (tertiary alicyclic amines) is 1. The molecule has 1 N–H and O–H groups in total. The number of benzene rings is 1. The molecule has 0 aliphatic carbocycles. The van der Waals surface area contributed by atoms with E-state index < -0.39 is 0 Å². The molecule has 1 aliphatic rings. The van der Waals surface area contributed by atoms with Crippen LogP contribution >= 0.6 is 0 Å². The Labute approximate surface area is 195 Å². The van der Waals surface area contributed by atoms with Crippen molar-refractivity contribution in [3.8, 4) is 6.07 Å². The van der Waals surface area contributed by atoms with Gasteiger partial charge in [0.2, 0.25) is 0 Å². The summed E-state index contributed by atoms with van der Waals surface area (Å²) >= 11 is 0. The lowest BCUT2D eigenvalue weighted by atomic mass is 10.0. The average Bonchev–Trinajstić information content (AvgIpc) is 3.10. The molecule has 0 radical (unpaired) electrons. The van der Waals surface area contributed by atoms with E-state index in [1.54, 1.807) is 30.2 Å². The van der Waals surface area contributed by atoms with Gasteiger partial charge in [-0.2, -0.15) is 5.26 Å². The molecule has 0 saturated carbocycles. The minimum Gasteiger partial charge on any atom is -0.383 e. The first-order valence-electron chi connectivity index (χ1n) is 11.3. The molecular weight excluding hydrogens is 416 g/mol. The summed E-state index contributed by atoms with van der Waals surface area (Å²) < 4.78 is 7.44. The normalized spacial score (nSPS) is 15.7.